The van der Waals surface area contributed by atoms with Crippen LogP contribution < -0.4 is 10.2 Å². The van der Waals surface area contributed by atoms with Gasteiger partial charge < -0.3 is 9.30 Å². The normalized spacial score (nSPS) is 10.8. The number of aromatic nitrogens is 1. The summed E-state index contributed by atoms with van der Waals surface area (Å²) in [5.74, 6) is 0.0820. The molecule has 1 heterocycles. The van der Waals surface area contributed by atoms with Gasteiger partial charge in [0.15, 0.2) is 6.61 Å². The highest BCUT2D eigenvalue weighted by Crippen LogP contribution is 2.22. The van der Waals surface area contributed by atoms with Gasteiger partial charge in [0, 0.05) is 16.4 Å². The molecule has 26 heavy (non-hydrogen) atoms. The van der Waals surface area contributed by atoms with Crippen LogP contribution in [0.1, 0.15) is 5.69 Å². The van der Waals surface area contributed by atoms with Crippen molar-refractivity contribution in [1.82, 2.24) is 9.99 Å². The van der Waals surface area contributed by atoms with Crippen molar-refractivity contribution >= 4 is 39.7 Å². The Balaban J connectivity index is 1.58. The summed E-state index contributed by atoms with van der Waals surface area (Å²) in [4.78, 5) is 11.8. The number of benzene rings is 2. The Morgan fingerprint density at radius 3 is 2.85 bits per heavy atom. The molecule has 0 saturated carbocycles. The zero-order chi connectivity index (χ0) is 18.4. The quantitative estimate of drug-likeness (QED) is 0.463. The fraction of sp³-hybridized carbons (Fsp3) is 0.0526. The number of hydrogen-bond acceptors (Lipinski definition) is 3. The molecule has 0 atom stereocenters. The third-order valence-corrected chi connectivity index (χ3v) is 4.25. The first-order chi connectivity index (χ1) is 12.6. The third-order valence-electron chi connectivity index (χ3n) is 3.45. The Morgan fingerprint density at radius 2 is 2.04 bits per heavy atom. The Morgan fingerprint density at radius 1 is 1.19 bits per heavy atom. The van der Waals surface area contributed by atoms with Gasteiger partial charge in [0.25, 0.3) is 5.91 Å². The zero-order valence-electron chi connectivity index (χ0n) is 13.6. The van der Waals surface area contributed by atoms with E-state index in [-0.39, 0.29) is 12.5 Å². The molecule has 0 aliphatic carbocycles. The fourth-order valence-corrected chi connectivity index (χ4v) is 2.85. The number of halogens is 2. The van der Waals surface area contributed by atoms with E-state index in [4.69, 9.17) is 16.3 Å². The number of para-hydroxylation sites is 1. The van der Waals surface area contributed by atoms with Crippen LogP contribution in [0.4, 0.5) is 0 Å². The molecule has 5 nitrogen and oxygen atoms in total. The van der Waals surface area contributed by atoms with E-state index in [0.29, 0.717) is 10.8 Å². The van der Waals surface area contributed by atoms with E-state index in [0.717, 1.165) is 15.9 Å². The summed E-state index contributed by atoms with van der Waals surface area (Å²) in [6.45, 7) is -0.173. The molecule has 1 aromatic heterocycles. The van der Waals surface area contributed by atoms with Gasteiger partial charge in [-0.3, -0.25) is 4.79 Å². The molecule has 0 bridgehead atoms. The molecule has 1 amide bonds. The molecule has 0 unspecified atom stereocenters. The molecule has 1 N–H and O–H groups in total. The van der Waals surface area contributed by atoms with Crippen molar-refractivity contribution in [3.8, 4) is 11.4 Å². The van der Waals surface area contributed by atoms with E-state index in [9.17, 15) is 4.79 Å². The standard InChI is InChI=1S/C19H15BrClN3O2/c20-14-5-3-6-15(11-14)24-10-4-7-16(24)12-22-23-19(25)13-26-18-9-2-1-8-17(18)21/h1-12H,13H2,(H,23,25)/b22-12+. The van der Waals surface area contributed by atoms with Gasteiger partial charge in [-0.2, -0.15) is 5.10 Å². The molecule has 3 rings (SSSR count). The van der Waals surface area contributed by atoms with E-state index in [1.165, 1.54) is 0 Å². The lowest BCUT2D eigenvalue weighted by atomic mass is 10.3. The SMILES string of the molecule is O=C(COc1ccccc1Cl)N/N=C/c1cccn1-c1cccc(Br)c1. The average Bonchev–Trinajstić information content (AvgIpc) is 3.09. The maximum atomic E-state index is 11.8. The second kappa shape index (κ2) is 8.69. The summed E-state index contributed by atoms with van der Waals surface area (Å²) < 4.78 is 8.31. The number of hydrazone groups is 1. The molecule has 0 aliphatic heterocycles. The first-order valence-corrected chi connectivity index (χ1v) is 8.93. The van der Waals surface area contributed by atoms with Crippen molar-refractivity contribution < 1.29 is 9.53 Å². The van der Waals surface area contributed by atoms with Crippen LogP contribution in [0.5, 0.6) is 5.75 Å². The minimum absolute atomic E-state index is 0.173. The number of carbonyl (C=O) groups excluding carboxylic acids is 1. The van der Waals surface area contributed by atoms with E-state index in [1.54, 1.807) is 30.5 Å². The lowest BCUT2D eigenvalue weighted by Gasteiger charge is -2.07. The first-order valence-electron chi connectivity index (χ1n) is 7.76. The lowest BCUT2D eigenvalue weighted by molar-refractivity contribution is -0.123. The van der Waals surface area contributed by atoms with Crippen molar-refractivity contribution in [1.29, 1.82) is 0 Å². The van der Waals surface area contributed by atoms with Gasteiger partial charge in [-0.15, -0.1) is 0 Å². The predicted molar refractivity (Wildman–Crippen MR) is 106 cm³/mol. The Labute approximate surface area is 164 Å². The molecule has 7 heteroatoms. The summed E-state index contributed by atoms with van der Waals surface area (Å²) in [5.41, 5.74) is 4.26. The van der Waals surface area contributed by atoms with Gasteiger partial charge in [0.2, 0.25) is 0 Å². The second-order valence-electron chi connectivity index (χ2n) is 5.30. The lowest BCUT2D eigenvalue weighted by Crippen LogP contribution is -2.24. The number of nitrogens with one attached hydrogen (secondary N) is 1. The van der Waals surface area contributed by atoms with Crippen LogP contribution in [-0.2, 0) is 4.79 Å². The summed E-state index contributed by atoms with van der Waals surface area (Å²) in [6, 6.07) is 18.7. The van der Waals surface area contributed by atoms with Crippen molar-refractivity contribution in [3.05, 3.63) is 82.0 Å². The van der Waals surface area contributed by atoms with Crippen LogP contribution in [0, 0.1) is 0 Å². The van der Waals surface area contributed by atoms with Gasteiger partial charge >= 0.3 is 0 Å². The predicted octanol–water partition coefficient (Wildman–Crippen LogP) is 4.42. The van der Waals surface area contributed by atoms with Crippen LogP contribution in [0.15, 0.2) is 76.4 Å². The number of amides is 1. The van der Waals surface area contributed by atoms with Crippen LogP contribution in [0.25, 0.3) is 5.69 Å². The smallest absolute Gasteiger partial charge is 0.277 e. The van der Waals surface area contributed by atoms with Crippen molar-refractivity contribution in [2.75, 3.05) is 6.61 Å². The highest BCUT2D eigenvalue weighted by atomic mass is 79.9. The van der Waals surface area contributed by atoms with E-state index >= 15 is 0 Å². The van der Waals surface area contributed by atoms with Gasteiger partial charge in [-0.05, 0) is 42.5 Å². The number of ether oxygens (including phenoxy) is 1. The third kappa shape index (κ3) is 4.74. The number of carbonyl (C=O) groups is 1. The maximum absolute atomic E-state index is 11.8. The van der Waals surface area contributed by atoms with E-state index in [1.807, 2.05) is 47.2 Å². The van der Waals surface area contributed by atoms with Gasteiger partial charge in [-0.25, -0.2) is 5.43 Å². The minimum Gasteiger partial charge on any atom is -0.482 e. The fourth-order valence-electron chi connectivity index (χ4n) is 2.27. The number of hydrogen-bond donors (Lipinski definition) is 1. The maximum Gasteiger partial charge on any atom is 0.277 e. The molecule has 3 aromatic rings. The molecule has 0 saturated heterocycles. The molecular formula is C19H15BrClN3O2. The van der Waals surface area contributed by atoms with Gasteiger partial charge in [-0.1, -0.05) is 45.7 Å². The first kappa shape index (κ1) is 18.2. The minimum atomic E-state index is -0.373. The van der Waals surface area contributed by atoms with Crippen LogP contribution in [0.2, 0.25) is 5.02 Å². The second-order valence-corrected chi connectivity index (χ2v) is 6.62. The van der Waals surface area contributed by atoms with Crippen molar-refractivity contribution in [2.45, 2.75) is 0 Å². The summed E-state index contributed by atoms with van der Waals surface area (Å²) in [7, 11) is 0. The molecule has 0 fully saturated rings. The van der Waals surface area contributed by atoms with Gasteiger partial charge in [0.05, 0.1) is 16.9 Å². The Kier molecular flexibility index (Phi) is 6.09. The molecule has 0 aliphatic rings. The highest BCUT2D eigenvalue weighted by molar-refractivity contribution is 9.10. The molecular weight excluding hydrogens is 418 g/mol. The molecule has 0 spiro atoms. The Bertz CT molecular complexity index is 940. The Hall–Kier alpha value is -2.57. The summed E-state index contributed by atoms with van der Waals surface area (Å²) in [6.07, 6.45) is 3.50. The molecule has 2 aromatic carbocycles. The van der Waals surface area contributed by atoms with E-state index < -0.39 is 0 Å². The number of rotatable bonds is 6. The zero-order valence-corrected chi connectivity index (χ0v) is 15.9. The summed E-state index contributed by atoms with van der Waals surface area (Å²) in [5, 5.41) is 4.44. The monoisotopic (exact) mass is 431 g/mol. The molecule has 0 radical (unpaired) electrons. The van der Waals surface area contributed by atoms with Gasteiger partial charge in [0.1, 0.15) is 5.75 Å². The van der Waals surface area contributed by atoms with E-state index in [2.05, 4.69) is 26.5 Å². The van der Waals surface area contributed by atoms with Crippen molar-refractivity contribution in [3.63, 3.8) is 0 Å². The van der Waals surface area contributed by atoms with Crippen LogP contribution in [-0.4, -0.2) is 23.3 Å². The average molecular weight is 433 g/mol. The topological polar surface area (TPSA) is 55.6 Å². The molecule has 132 valence electrons. The van der Waals surface area contributed by atoms with Crippen LogP contribution in [0.3, 0.4) is 0 Å². The largest absolute Gasteiger partial charge is 0.482 e. The summed E-state index contributed by atoms with van der Waals surface area (Å²) >= 11 is 9.43. The van der Waals surface area contributed by atoms with Crippen molar-refractivity contribution in [2.24, 2.45) is 5.10 Å². The highest BCUT2D eigenvalue weighted by Gasteiger charge is 2.05. The number of nitrogens with zero attached hydrogens (tertiary/aromatic N) is 2. The van der Waals surface area contributed by atoms with Crippen LogP contribution >= 0.6 is 27.5 Å².